The van der Waals surface area contributed by atoms with Crippen molar-refractivity contribution in [3.63, 3.8) is 0 Å². The van der Waals surface area contributed by atoms with E-state index in [2.05, 4.69) is 205 Å². The molecule has 0 aliphatic heterocycles. The number of benzene rings is 8. The first kappa shape index (κ1) is 28.6. The number of anilines is 3. The van der Waals surface area contributed by atoms with E-state index in [1.54, 1.807) is 0 Å². The molecule has 0 heterocycles. The third-order valence-corrected chi connectivity index (χ3v) is 10.7. The second-order valence-electron chi connectivity index (χ2n) is 13.2. The molecule has 2 aliphatic rings. The summed E-state index contributed by atoms with van der Waals surface area (Å²) in [6.07, 6.45) is 0. The van der Waals surface area contributed by atoms with Gasteiger partial charge in [0.25, 0.3) is 0 Å². The molecule has 1 nitrogen and oxygen atoms in total. The summed E-state index contributed by atoms with van der Waals surface area (Å²) in [5.41, 5.74) is 18.6. The minimum absolute atomic E-state index is 0.386. The highest BCUT2D eigenvalue weighted by molar-refractivity contribution is 5.96. The highest BCUT2D eigenvalue weighted by atomic mass is 15.1. The largest absolute Gasteiger partial charge is 0.310 e. The first-order valence-corrected chi connectivity index (χ1v) is 17.4. The predicted molar refractivity (Wildman–Crippen MR) is 208 cm³/mol. The van der Waals surface area contributed by atoms with Crippen molar-refractivity contribution >= 4 is 17.1 Å². The minimum atomic E-state index is -0.386. The van der Waals surface area contributed by atoms with E-state index in [4.69, 9.17) is 0 Å². The van der Waals surface area contributed by atoms with E-state index < -0.39 is 0 Å². The van der Waals surface area contributed by atoms with Crippen LogP contribution in [0.5, 0.6) is 0 Å². The number of hydrogen-bond acceptors (Lipinski definition) is 1. The van der Waals surface area contributed by atoms with E-state index in [-0.39, 0.29) is 5.41 Å². The minimum Gasteiger partial charge on any atom is -0.310 e. The van der Waals surface area contributed by atoms with Crippen molar-refractivity contribution in [2.75, 3.05) is 4.90 Å². The Balaban J connectivity index is 1.16. The zero-order valence-corrected chi connectivity index (χ0v) is 27.5. The molecule has 0 saturated heterocycles. The lowest BCUT2D eigenvalue weighted by molar-refractivity contribution is 0.793. The molecule has 0 atom stereocenters. The summed E-state index contributed by atoms with van der Waals surface area (Å²) in [5, 5.41) is 0. The van der Waals surface area contributed by atoms with Gasteiger partial charge in [-0.2, -0.15) is 0 Å². The fourth-order valence-electron chi connectivity index (χ4n) is 8.64. The van der Waals surface area contributed by atoms with Gasteiger partial charge in [-0.05, 0) is 103 Å². The molecule has 234 valence electrons. The Kier molecular flexibility index (Phi) is 6.47. The summed E-state index contributed by atoms with van der Waals surface area (Å²) in [7, 11) is 0. The summed E-state index contributed by atoms with van der Waals surface area (Å²) in [6.45, 7) is 0. The number of nitrogens with zero attached hydrogens (tertiary/aromatic N) is 1. The van der Waals surface area contributed by atoms with Crippen molar-refractivity contribution in [2.24, 2.45) is 0 Å². The maximum atomic E-state index is 2.46. The molecule has 0 saturated carbocycles. The van der Waals surface area contributed by atoms with Crippen LogP contribution in [0, 0.1) is 0 Å². The molecule has 50 heavy (non-hydrogen) atoms. The molecular formula is C49H33N. The number of rotatable bonds is 5. The first-order chi connectivity index (χ1) is 24.8. The average Bonchev–Trinajstić information content (AvgIpc) is 3.66. The van der Waals surface area contributed by atoms with Crippen LogP contribution >= 0.6 is 0 Å². The van der Waals surface area contributed by atoms with Crippen LogP contribution in [-0.2, 0) is 5.41 Å². The number of hydrogen-bond donors (Lipinski definition) is 0. The molecule has 8 aromatic carbocycles. The van der Waals surface area contributed by atoms with Crippen LogP contribution in [0.4, 0.5) is 17.1 Å². The van der Waals surface area contributed by atoms with Crippen LogP contribution in [0.15, 0.2) is 200 Å². The molecule has 0 fully saturated rings. The van der Waals surface area contributed by atoms with Crippen LogP contribution in [0.3, 0.4) is 0 Å². The first-order valence-electron chi connectivity index (χ1n) is 17.4. The van der Waals surface area contributed by atoms with Gasteiger partial charge in [-0.15, -0.1) is 0 Å². The predicted octanol–water partition coefficient (Wildman–Crippen LogP) is 12.8. The molecule has 1 spiro atoms. The molecule has 0 N–H and O–H groups in total. The molecule has 1 heteroatoms. The van der Waals surface area contributed by atoms with Crippen molar-refractivity contribution in [3.8, 4) is 44.5 Å². The van der Waals surface area contributed by atoms with Crippen molar-refractivity contribution in [3.05, 3.63) is 222 Å². The number of fused-ring (bicyclic) bond motifs is 10. The van der Waals surface area contributed by atoms with Gasteiger partial charge in [0.2, 0.25) is 0 Å². The Morgan fingerprint density at radius 3 is 1.18 bits per heavy atom. The van der Waals surface area contributed by atoms with E-state index in [9.17, 15) is 0 Å². The Bertz CT molecular complexity index is 2470. The summed E-state index contributed by atoms with van der Waals surface area (Å²) in [5.74, 6) is 0. The third kappa shape index (κ3) is 4.14. The summed E-state index contributed by atoms with van der Waals surface area (Å²) in [4.78, 5) is 2.40. The highest BCUT2D eigenvalue weighted by Crippen LogP contribution is 2.63. The molecule has 0 unspecified atom stereocenters. The lowest BCUT2D eigenvalue weighted by Crippen LogP contribution is -2.26. The summed E-state index contributed by atoms with van der Waals surface area (Å²) in [6, 6.07) is 73.3. The van der Waals surface area contributed by atoms with Crippen LogP contribution in [-0.4, -0.2) is 0 Å². The molecule has 0 radical (unpaired) electrons. The number of para-hydroxylation sites is 1. The standard InChI is InChI=1S/C49H33N/c1-3-15-34(16-4-1)39-19-7-8-20-40(39)35-27-29-37(30-28-35)50(36-17-5-2-6-18-36)38-31-32-44-43-23-11-14-26-47(43)49(48(44)33-38)45-24-12-9-21-41(45)42-22-10-13-25-46(42)49/h1-33H. The van der Waals surface area contributed by atoms with Crippen LogP contribution in [0.2, 0.25) is 0 Å². The van der Waals surface area contributed by atoms with Gasteiger partial charge < -0.3 is 4.90 Å². The topological polar surface area (TPSA) is 3.24 Å². The Labute approximate surface area is 293 Å². The quantitative estimate of drug-likeness (QED) is 0.182. The van der Waals surface area contributed by atoms with Gasteiger partial charge in [-0.1, -0.05) is 164 Å². The lowest BCUT2D eigenvalue weighted by Gasteiger charge is -2.32. The van der Waals surface area contributed by atoms with Gasteiger partial charge >= 0.3 is 0 Å². The van der Waals surface area contributed by atoms with Gasteiger partial charge in [-0.3, -0.25) is 0 Å². The summed E-state index contributed by atoms with van der Waals surface area (Å²) >= 11 is 0. The van der Waals surface area contributed by atoms with Gasteiger partial charge in [0.1, 0.15) is 0 Å². The second kappa shape index (κ2) is 11.3. The molecule has 0 amide bonds. The van der Waals surface area contributed by atoms with Crippen LogP contribution < -0.4 is 4.90 Å². The summed E-state index contributed by atoms with van der Waals surface area (Å²) < 4.78 is 0. The molecular weight excluding hydrogens is 603 g/mol. The van der Waals surface area contributed by atoms with Crippen LogP contribution in [0.25, 0.3) is 44.5 Å². The SMILES string of the molecule is c1ccc(-c2ccccc2-c2ccc(N(c3ccccc3)c3ccc4c(c3)C3(c5ccccc5-c5ccccc53)c3ccccc3-4)cc2)cc1. The normalized spacial score (nSPS) is 13.0. The Hall–Kier alpha value is -6.44. The van der Waals surface area contributed by atoms with E-state index in [1.165, 1.54) is 66.8 Å². The third-order valence-electron chi connectivity index (χ3n) is 10.7. The molecule has 2 aliphatic carbocycles. The Morgan fingerprint density at radius 1 is 0.260 bits per heavy atom. The zero-order valence-electron chi connectivity index (χ0n) is 27.5. The lowest BCUT2D eigenvalue weighted by atomic mass is 9.70. The van der Waals surface area contributed by atoms with Gasteiger partial charge in [-0.25, -0.2) is 0 Å². The fraction of sp³-hybridized carbons (Fsp3) is 0.0204. The van der Waals surface area contributed by atoms with Gasteiger partial charge in [0, 0.05) is 17.1 Å². The van der Waals surface area contributed by atoms with Crippen LogP contribution in [0.1, 0.15) is 22.3 Å². The monoisotopic (exact) mass is 635 g/mol. The molecule has 8 aromatic rings. The maximum absolute atomic E-state index is 2.46. The Morgan fingerprint density at radius 2 is 0.640 bits per heavy atom. The second-order valence-corrected chi connectivity index (χ2v) is 13.2. The fourth-order valence-corrected chi connectivity index (χ4v) is 8.64. The van der Waals surface area contributed by atoms with Crippen molar-refractivity contribution in [1.29, 1.82) is 0 Å². The van der Waals surface area contributed by atoms with Crippen molar-refractivity contribution < 1.29 is 0 Å². The molecule has 0 bridgehead atoms. The van der Waals surface area contributed by atoms with Gasteiger partial charge in [0.15, 0.2) is 0 Å². The smallest absolute Gasteiger partial charge is 0.0726 e. The van der Waals surface area contributed by atoms with Crippen molar-refractivity contribution in [1.82, 2.24) is 0 Å². The van der Waals surface area contributed by atoms with Gasteiger partial charge in [0.05, 0.1) is 5.41 Å². The average molecular weight is 636 g/mol. The zero-order chi connectivity index (χ0) is 33.1. The molecule has 10 rings (SSSR count). The van der Waals surface area contributed by atoms with Crippen molar-refractivity contribution in [2.45, 2.75) is 5.41 Å². The van der Waals surface area contributed by atoms with E-state index >= 15 is 0 Å². The maximum Gasteiger partial charge on any atom is 0.0726 e. The highest BCUT2D eigenvalue weighted by Gasteiger charge is 2.51. The molecule has 0 aromatic heterocycles. The van der Waals surface area contributed by atoms with E-state index in [1.807, 2.05) is 0 Å². The van der Waals surface area contributed by atoms with E-state index in [0.29, 0.717) is 0 Å². The van der Waals surface area contributed by atoms with E-state index in [0.717, 1.165) is 17.1 Å².